The zero-order valence-electron chi connectivity index (χ0n) is 12.7. The second kappa shape index (κ2) is 6.64. The van der Waals surface area contributed by atoms with Crippen LogP contribution in [0.25, 0.3) is 0 Å². The van der Waals surface area contributed by atoms with Crippen molar-refractivity contribution >= 4 is 5.97 Å². The molecule has 0 aliphatic carbocycles. The summed E-state index contributed by atoms with van der Waals surface area (Å²) < 4.78 is 0. The lowest BCUT2D eigenvalue weighted by Gasteiger charge is -2.16. The van der Waals surface area contributed by atoms with Gasteiger partial charge in [0.05, 0.1) is 17.6 Å². The number of carbonyl (C=O) groups is 1. The molecule has 3 rings (SSSR count). The van der Waals surface area contributed by atoms with E-state index in [1.54, 1.807) is 6.07 Å². The van der Waals surface area contributed by atoms with Crippen LogP contribution in [0.3, 0.4) is 0 Å². The molecule has 0 unspecified atom stereocenters. The first-order valence-electron chi connectivity index (χ1n) is 7.66. The van der Waals surface area contributed by atoms with Crippen molar-refractivity contribution in [2.45, 2.75) is 12.5 Å². The van der Waals surface area contributed by atoms with Crippen LogP contribution in [0.2, 0.25) is 0 Å². The van der Waals surface area contributed by atoms with Gasteiger partial charge < -0.3 is 5.11 Å². The molecule has 2 aromatic rings. The summed E-state index contributed by atoms with van der Waals surface area (Å²) in [7, 11) is 0. The number of hydrogen-bond acceptors (Lipinski definition) is 3. The van der Waals surface area contributed by atoms with Crippen LogP contribution in [-0.4, -0.2) is 29.1 Å². The van der Waals surface area contributed by atoms with E-state index in [0.717, 1.165) is 12.1 Å². The largest absolute Gasteiger partial charge is 0.481 e. The maximum absolute atomic E-state index is 11.6. The number of nitrogens with zero attached hydrogens (tertiary/aromatic N) is 2. The zero-order valence-corrected chi connectivity index (χ0v) is 12.7. The second-order valence-corrected chi connectivity index (χ2v) is 5.97. The third-order valence-electron chi connectivity index (χ3n) is 4.41. The Morgan fingerprint density at radius 3 is 2.65 bits per heavy atom. The number of likely N-dealkylation sites (tertiary alicyclic amines) is 1. The van der Waals surface area contributed by atoms with Crippen molar-refractivity contribution in [2.75, 3.05) is 13.1 Å². The Balaban J connectivity index is 1.81. The Morgan fingerprint density at radius 1 is 1.17 bits per heavy atom. The maximum Gasteiger partial charge on any atom is 0.308 e. The molecule has 4 heteroatoms. The van der Waals surface area contributed by atoms with E-state index in [2.05, 4.69) is 23.1 Å². The van der Waals surface area contributed by atoms with Crippen LogP contribution in [0.4, 0.5) is 0 Å². The molecule has 2 atom stereocenters. The second-order valence-electron chi connectivity index (χ2n) is 5.97. The van der Waals surface area contributed by atoms with Crippen LogP contribution >= 0.6 is 0 Å². The van der Waals surface area contributed by atoms with Gasteiger partial charge in [-0.2, -0.15) is 5.26 Å². The van der Waals surface area contributed by atoms with Crippen molar-refractivity contribution in [3.05, 3.63) is 71.3 Å². The summed E-state index contributed by atoms with van der Waals surface area (Å²) in [6, 6.07) is 19.5. The van der Waals surface area contributed by atoms with Gasteiger partial charge in [-0.1, -0.05) is 42.5 Å². The van der Waals surface area contributed by atoms with E-state index in [1.807, 2.05) is 36.4 Å². The lowest BCUT2D eigenvalue weighted by Crippen LogP contribution is -2.23. The Labute approximate surface area is 135 Å². The van der Waals surface area contributed by atoms with Crippen molar-refractivity contribution in [2.24, 2.45) is 5.92 Å². The van der Waals surface area contributed by atoms with Gasteiger partial charge in [0.1, 0.15) is 0 Å². The molecule has 1 fully saturated rings. The van der Waals surface area contributed by atoms with Gasteiger partial charge in [0.25, 0.3) is 0 Å². The van der Waals surface area contributed by atoms with Crippen LogP contribution < -0.4 is 0 Å². The monoisotopic (exact) mass is 306 g/mol. The van der Waals surface area contributed by atoms with Crippen LogP contribution in [0, 0.1) is 17.2 Å². The van der Waals surface area contributed by atoms with Gasteiger partial charge in [0, 0.05) is 25.6 Å². The molecule has 0 saturated carbocycles. The van der Waals surface area contributed by atoms with Crippen LogP contribution in [0.15, 0.2) is 54.6 Å². The lowest BCUT2D eigenvalue weighted by atomic mass is 9.88. The number of hydrogen-bond donors (Lipinski definition) is 1. The SMILES string of the molecule is N#Cc1cccc([C@H]2CN(Cc3ccccc3)C[C@@H]2C(=O)O)c1. The fraction of sp³-hybridized carbons (Fsp3) is 0.263. The van der Waals surface area contributed by atoms with Gasteiger partial charge >= 0.3 is 5.97 Å². The van der Waals surface area contributed by atoms with Crippen molar-refractivity contribution < 1.29 is 9.90 Å². The Kier molecular flexibility index (Phi) is 4.40. The maximum atomic E-state index is 11.6. The van der Waals surface area contributed by atoms with Gasteiger partial charge in [0.15, 0.2) is 0 Å². The van der Waals surface area contributed by atoms with Gasteiger partial charge in [-0.3, -0.25) is 9.69 Å². The third-order valence-corrected chi connectivity index (χ3v) is 4.41. The highest BCUT2D eigenvalue weighted by Crippen LogP contribution is 2.34. The molecule has 0 bridgehead atoms. The van der Waals surface area contributed by atoms with Crippen molar-refractivity contribution in [1.82, 2.24) is 4.90 Å². The molecule has 0 aromatic heterocycles. The predicted octanol–water partition coefficient (Wildman–Crippen LogP) is 2.86. The van der Waals surface area contributed by atoms with Gasteiger partial charge in [-0.15, -0.1) is 0 Å². The summed E-state index contributed by atoms with van der Waals surface area (Å²) in [5, 5.41) is 18.6. The van der Waals surface area contributed by atoms with E-state index in [1.165, 1.54) is 5.56 Å². The Hall–Kier alpha value is -2.64. The molecule has 0 radical (unpaired) electrons. The zero-order chi connectivity index (χ0) is 16.2. The lowest BCUT2D eigenvalue weighted by molar-refractivity contribution is -0.141. The Morgan fingerprint density at radius 2 is 1.96 bits per heavy atom. The minimum atomic E-state index is -0.770. The average Bonchev–Trinajstić information content (AvgIpc) is 3.00. The molecule has 4 nitrogen and oxygen atoms in total. The first-order valence-corrected chi connectivity index (χ1v) is 7.66. The molecule has 2 aromatic carbocycles. The molecular weight excluding hydrogens is 288 g/mol. The number of carboxylic acids is 1. The fourth-order valence-corrected chi connectivity index (χ4v) is 3.28. The molecular formula is C19H18N2O2. The highest BCUT2D eigenvalue weighted by atomic mass is 16.4. The molecule has 1 N–H and O–H groups in total. The van der Waals surface area contributed by atoms with Gasteiger partial charge in [-0.25, -0.2) is 0 Å². The molecule has 1 aliphatic heterocycles. The van der Waals surface area contributed by atoms with Crippen molar-refractivity contribution in [1.29, 1.82) is 5.26 Å². The minimum absolute atomic E-state index is 0.0792. The molecule has 1 heterocycles. The average molecular weight is 306 g/mol. The summed E-state index contributed by atoms with van der Waals surface area (Å²) >= 11 is 0. The summed E-state index contributed by atoms with van der Waals surface area (Å²) in [5.41, 5.74) is 2.70. The first-order chi connectivity index (χ1) is 11.2. The molecule has 0 amide bonds. The number of rotatable bonds is 4. The number of benzene rings is 2. The van der Waals surface area contributed by atoms with Crippen LogP contribution in [-0.2, 0) is 11.3 Å². The standard InChI is InChI=1S/C19H18N2O2/c20-10-15-7-4-8-16(9-15)17-12-21(13-18(17)19(22)23)11-14-5-2-1-3-6-14/h1-9,17-18H,11-13H2,(H,22,23)/t17-,18+/m1/s1. The fourth-order valence-electron chi connectivity index (χ4n) is 3.28. The van der Waals surface area contributed by atoms with E-state index in [9.17, 15) is 9.90 Å². The third kappa shape index (κ3) is 3.41. The van der Waals surface area contributed by atoms with E-state index in [-0.39, 0.29) is 5.92 Å². The van der Waals surface area contributed by atoms with Crippen LogP contribution in [0.1, 0.15) is 22.6 Å². The van der Waals surface area contributed by atoms with E-state index >= 15 is 0 Å². The molecule has 1 saturated heterocycles. The van der Waals surface area contributed by atoms with Gasteiger partial charge in [0.2, 0.25) is 0 Å². The summed E-state index contributed by atoms with van der Waals surface area (Å²) in [5.74, 6) is -1.29. The smallest absolute Gasteiger partial charge is 0.308 e. The Bertz CT molecular complexity index is 737. The highest BCUT2D eigenvalue weighted by Gasteiger charge is 2.38. The van der Waals surface area contributed by atoms with E-state index in [4.69, 9.17) is 5.26 Å². The minimum Gasteiger partial charge on any atom is -0.481 e. The van der Waals surface area contributed by atoms with E-state index < -0.39 is 11.9 Å². The molecule has 1 aliphatic rings. The van der Waals surface area contributed by atoms with Crippen LogP contribution in [0.5, 0.6) is 0 Å². The number of aliphatic carboxylic acids is 1. The topological polar surface area (TPSA) is 64.3 Å². The van der Waals surface area contributed by atoms with Crippen molar-refractivity contribution in [3.8, 4) is 6.07 Å². The number of carboxylic acid groups (broad SMARTS) is 1. The quantitative estimate of drug-likeness (QED) is 0.943. The summed E-state index contributed by atoms with van der Waals surface area (Å²) in [4.78, 5) is 13.8. The van der Waals surface area contributed by atoms with E-state index in [0.29, 0.717) is 18.7 Å². The normalized spacial score (nSPS) is 21.0. The summed E-state index contributed by atoms with van der Waals surface area (Å²) in [6.07, 6.45) is 0. The molecule has 23 heavy (non-hydrogen) atoms. The molecule has 116 valence electrons. The van der Waals surface area contributed by atoms with Crippen molar-refractivity contribution in [3.63, 3.8) is 0 Å². The highest BCUT2D eigenvalue weighted by molar-refractivity contribution is 5.72. The summed E-state index contributed by atoms with van der Waals surface area (Å²) in [6.45, 7) is 1.98. The van der Waals surface area contributed by atoms with Gasteiger partial charge in [-0.05, 0) is 23.3 Å². The molecule has 0 spiro atoms. The first kappa shape index (κ1) is 15.3. The predicted molar refractivity (Wildman–Crippen MR) is 86.7 cm³/mol. The number of nitriles is 1.